The van der Waals surface area contributed by atoms with Crippen molar-refractivity contribution in [1.82, 2.24) is 0 Å². The van der Waals surface area contributed by atoms with E-state index >= 15 is 0 Å². The number of ketones is 1. The first kappa shape index (κ1) is 25.7. The van der Waals surface area contributed by atoms with Gasteiger partial charge in [0.1, 0.15) is 5.78 Å². The molecule has 0 aromatic carbocycles. The number of carbonyl (C=O) groups is 1. The van der Waals surface area contributed by atoms with E-state index in [1.54, 1.807) is 6.92 Å². The Morgan fingerprint density at radius 2 is 1.58 bits per heavy atom. The Labute approximate surface area is 203 Å². The lowest BCUT2D eigenvalue weighted by atomic mass is 9.37. The number of rotatable bonds is 4. The number of hydrogen-bond acceptors (Lipinski definition) is 3. The first-order chi connectivity index (χ1) is 15.1. The molecule has 0 radical (unpaired) electrons. The number of Topliss-reactive ketones (excluding diaryl/α,β-unsaturated/α-hetero) is 1. The molecule has 4 saturated carbocycles. The summed E-state index contributed by atoms with van der Waals surface area (Å²) in [5, 5.41) is 23.2. The highest BCUT2D eigenvalue weighted by Gasteiger charge is 2.69. The summed E-state index contributed by atoms with van der Waals surface area (Å²) in [6, 6.07) is 0. The van der Waals surface area contributed by atoms with Gasteiger partial charge < -0.3 is 15.0 Å². The summed E-state index contributed by atoms with van der Waals surface area (Å²) < 4.78 is 0. The summed E-state index contributed by atoms with van der Waals surface area (Å²) in [7, 11) is 0. The summed E-state index contributed by atoms with van der Waals surface area (Å²) in [6.07, 6.45) is 9.31. The molecule has 4 rings (SSSR count). The predicted molar refractivity (Wildman–Crippen MR) is 135 cm³/mol. The minimum atomic E-state index is -0.714. The lowest BCUT2D eigenvalue weighted by molar-refractivity contribution is -0.264. The van der Waals surface area contributed by atoms with Crippen molar-refractivity contribution >= 4 is 5.78 Å². The van der Waals surface area contributed by atoms with E-state index in [9.17, 15) is 15.0 Å². The molecule has 0 amide bonds. The number of fused-ring (bicyclic) bond motifs is 5. The van der Waals surface area contributed by atoms with Gasteiger partial charge in [-0.3, -0.25) is 0 Å². The summed E-state index contributed by atoms with van der Waals surface area (Å²) in [6.45, 7) is 18.3. The molecule has 0 saturated heterocycles. The second-order valence-corrected chi connectivity index (χ2v) is 14.8. The van der Waals surface area contributed by atoms with E-state index in [1.165, 1.54) is 25.7 Å². The SMILES string of the molecule is CC(=O)CC[C@@H](C)[C@H]1CCC2C3C(CC[C@@]21C)[C@@]1(C)CC[C@@H](O)C[C@H]1[C@@H](C(C)(C)C)[C@@]3(C)O. The summed E-state index contributed by atoms with van der Waals surface area (Å²) in [5.74, 6) is 3.56. The van der Waals surface area contributed by atoms with Gasteiger partial charge in [-0.1, -0.05) is 41.5 Å². The van der Waals surface area contributed by atoms with Crippen LogP contribution in [0, 0.1) is 57.7 Å². The standard InChI is InChI=1S/C30H52O3/c1-18(9-10-19(2)31)21-11-12-22-25-23(14-16-28(21,22)6)29(7)15-13-20(32)17-24(29)26(27(3,4)5)30(25,8)33/h18,20-26,32-33H,9-17H2,1-8H3/t18-,20-,21-,22?,23?,24+,25?,26+,28-,29-,30+/m1/s1. The van der Waals surface area contributed by atoms with E-state index in [0.717, 1.165) is 25.7 Å². The molecule has 0 spiro atoms. The van der Waals surface area contributed by atoms with E-state index in [2.05, 4.69) is 48.5 Å². The van der Waals surface area contributed by atoms with Gasteiger partial charge in [-0.2, -0.15) is 0 Å². The molecule has 3 nitrogen and oxygen atoms in total. The second kappa shape index (κ2) is 8.32. The van der Waals surface area contributed by atoms with Crippen LogP contribution in [0.5, 0.6) is 0 Å². The summed E-state index contributed by atoms with van der Waals surface area (Å²) >= 11 is 0. The van der Waals surface area contributed by atoms with Gasteiger partial charge in [0.25, 0.3) is 0 Å². The van der Waals surface area contributed by atoms with Crippen molar-refractivity contribution in [1.29, 1.82) is 0 Å². The van der Waals surface area contributed by atoms with Crippen LogP contribution < -0.4 is 0 Å². The van der Waals surface area contributed by atoms with Crippen molar-refractivity contribution in [3.63, 3.8) is 0 Å². The lowest BCUT2D eigenvalue weighted by Crippen LogP contribution is -2.69. The molecule has 0 bridgehead atoms. The molecule has 0 heterocycles. The zero-order valence-electron chi connectivity index (χ0n) is 22.8. The van der Waals surface area contributed by atoms with Crippen LogP contribution in [0.15, 0.2) is 0 Å². The van der Waals surface area contributed by atoms with Gasteiger partial charge >= 0.3 is 0 Å². The zero-order valence-corrected chi connectivity index (χ0v) is 22.8. The van der Waals surface area contributed by atoms with E-state index in [4.69, 9.17) is 0 Å². The summed E-state index contributed by atoms with van der Waals surface area (Å²) in [5.41, 5.74) is -0.239. The Morgan fingerprint density at radius 3 is 2.18 bits per heavy atom. The number of carbonyl (C=O) groups excluding carboxylic acids is 1. The molecule has 0 aromatic rings. The smallest absolute Gasteiger partial charge is 0.129 e. The third-order valence-corrected chi connectivity index (χ3v) is 11.9. The van der Waals surface area contributed by atoms with Crippen molar-refractivity contribution in [2.45, 2.75) is 125 Å². The fourth-order valence-electron chi connectivity index (χ4n) is 10.7. The second-order valence-electron chi connectivity index (χ2n) is 14.8. The Balaban J connectivity index is 1.72. The topological polar surface area (TPSA) is 57.5 Å². The number of aliphatic hydroxyl groups is 2. The molecule has 3 heteroatoms. The first-order valence-corrected chi connectivity index (χ1v) is 14.0. The molecule has 33 heavy (non-hydrogen) atoms. The Bertz CT molecular complexity index is 750. The van der Waals surface area contributed by atoms with Gasteiger partial charge in [-0.15, -0.1) is 0 Å². The van der Waals surface area contributed by atoms with Gasteiger partial charge in [0, 0.05) is 6.42 Å². The Hall–Kier alpha value is -0.410. The van der Waals surface area contributed by atoms with Gasteiger partial charge in [0.05, 0.1) is 11.7 Å². The molecule has 0 aliphatic heterocycles. The quantitative estimate of drug-likeness (QED) is 0.494. The summed E-state index contributed by atoms with van der Waals surface area (Å²) in [4.78, 5) is 11.7. The molecular weight excluding hydrogens is 408 g/mol. The van der Waals surface area contributed by atoms with Crippen LogP contribution in [0.25, 0.3) is 0 Å². The van der Waals surface area contributed by atoms with Crippen LogP contribution in [-0.4, -0.2) is 27.7 Å². The van der Waals surface area contributed by atoms with E-state index in [0.29, 0.717) is 47.7 Å². The van der Waals surface area contributed by atoms with Crippen LogP contribution in [0.4, 0.5) is 0 Å². The van der Waals surface area contributed by atoms with Crippen molar-refractivity contribution in [2.75, 3.05) is 0 Å². The van der Waals surface area contributed by atoms with Gasteiger partial charge in [-0.05, 0) is 123 Å². The highest BCUT2D eigenvalue weighted by atomic mass is 16.3. The molecular formula is C30H52O3. The van der Waals surface area contributed by atoms with E-state index in [1.807, 2.05) is 0 Å². The maximum atomic E-state index is 12.5. The average molecular weight is 461 g/mol. The van der Waals surface area contributed by atoms with Gasteiger partial charge in [-0.25, -0.2) is 0 Å². The zero-order chi connectivity index (χ0) is 24.6. The Kier molecular flexibility index (Phi) is 6.48. The highest BCUT2D eigenvalue weighted by Crippen LogP contribution is 2.72. The number of aliphatic hydroxyl groups excluding tert-OH is 1. The van der Waals surface area contributed by atoms with Gasteiger partial charge in [0.2, 0.25) is 0 Å². The molecule has 11 atom stereocenters. The van der Waals surface area contributed by atoms with Crippen molar-refractivity contribution in [2.24, 2.45) is 57.7 Å². The minimum Gasteiger partial charge on any atom is -0.393 e. The molecule has 4 fully saturated rings. The first-order valence-electron chi connectivity index (χ1n) is 14.0. The van der Waals surface area contributed by atoms with Crippen molar-refractivity contribution in [3.8, 4) is 0 Å². The minimum absolute atomic E-state index is 0.00189. The van der Waals surface area contributed by atoms with Crippen LogP contribution >= 0.6 is 0 Å². The Morgan fingerprint density at radius 1 is 0.970 bits per heavy atom. The molecule has 2 N–H and O–H groups in total. The molecule has 3 unspecified atom stereocenters. The molecule has 4 aliphatic carbocycles. The third-order valence-electron chi connectivity index (χ3n) is 11.9. The third kappa shape index (κ3) is 3.96. The average Bonchev–Trinajstić information content (AvgIpc) is 3.03. The van der Waals surface area contributed by atoms with E-state index < -0.39 is 5.60 Å². The predicted octanol–water partition coefficient (Wildman–Crippen LogP) is 6.64. The van der Waals surface area contributed by atoms with Crippen LogP contribution in [0.2, 0.25) is 0 Å². The monoisotopic (exact) mass is 460 g/mol. The fourth-order valence-corrected chi connectivity index (χ4v) is 10.7. The van der Waals surface area contributed by atoms with E-state index in [-0.39, 0.29) is 28.3 Å². The molecule has 4 aliphatic rings. The number of hydrogen-bond donors (Lipinski definition) is 2. The van der Waals surface area contributed by atoms with Crippen LogP contribution in [0.1, 0.15) is 113 Å². The van der Waals surface area contributed by atoms with Crippen molar-refractivity contribution < 1.29 is 15.0 Å². The van der Waals surface area contributed by atoms with Crippen LogP contribution in [0.3, 0.4) is 0 Å². The highest BCUT2D eigenvalue weighted by molar-refractivity contribution is 5.75. The largest absolute Gasteiger partial charge is 0.393 e. The lowest BCUT2D eigenvalue weighted by Gasteiger charge is -2.69. The fraction of sp³-hybridized carbons (Fsp3) is 0.967. The van der Waals surface area contributed by atoms with Crippen molar-refractivity contribution in [3.05, 3.63) is 0 Å². The van der Waals surface area contributed by atoms with Crippen LogP contribution in [-0.2, 0) is 4.79 Å². The van der Waals surface area contributed by atoms with Gasteiger partial charge in [0.15, 0.2) is 0 Å². The molecule has 190 valence electrons. The maximum Gasteiger partial charge on any atom is 0.129 e. The molecule has 0 aromatic heterocycles. The maximum absolute atomic E-state index is 12.5. The normalized spacial score (nSPS) is 50.8.